The minimum atomic E-state index is -4.60. The zero-order valence-corrected chi connectivity index (χ0v) is 14.3. The van der Waals surface area contributed by atoms with Crippen LogP contribution in [0.5, 0.6) is 0 Å². The van der Waals surface area contributed by atoms with Crippen LogP contribution in [0.1, 0.15) is 30.9 Å². The average Bonchev–Trinajstić information content (AvgIpc) is 2.54. The molecule has 0 fully saturated rings. The maximum absolute atomic E-state index is 13.4. The molecule has 25 heavy (non-hydrogen) atoms. The smallest absolute Gasteiger partial charge is 0.166 e. The van der Waals surface area contributed by atoms with Crippen LogP contribution in [-0.4, -0.2) is 6.16 Å². The Morgan fingerprint density at radius 3 is 1.48 bits per heavy atom. The molecule has 0 atom stereocenters. The molecule has 0 nitrogen and oxygen atoms in total. The summed E-state index contributed by atoms with van der Waals surface area (Å²) in [5.74, 6) is 0. The maximum Gasteiger partial charge on any atom is 0.417 e. The Balaban J connectivity index is 2.65. The molecule has 0 aromatic heterocycles. The molecule has 0 aliphatic rings. The van der Waals surface area contributed by atoms with Crippen molar-refractivity contribution in [2.24, 2.45) is 0 Å². The second-order valence-electron chi connectivity index (χ2n) is 5.54. The number of hydrogen-bond donors (Lipinski definition) is 0. The van der Waals surface area contributed by atoms with Crippen molar-refractivity contribution in [2.45, 2.75) is 32.1 Å². The zero-order chi connectivity index (χ0) is 18.7. The third-order valence-electron chi connectivity index (χ3n) is 3.74. The first kappa shape index (κ1) is 19.8. The summed E-state index contributed by atoms with van der Waals surface area (Å²) < 4.78 is 80.2. The van der Waals surface area contributed by atoms with Crippen molar-refractivity contribution in [2.75, 3.05) is 6.16 Å². The first-order chi connectivity index (χ1) is 11.7. The van der Waals surface area contributed by atoms with Crippen LogP contribution in [0.2, 0.25) is 0 Å². The summed E-state index contributed by atoms with van der Waals surface area (Å²) in [5, 5.41) is -0.0923. The van der Waals surface area contributed by atoms with E-state index < -0.39 is 31.4 Å². The second kappa shape index (κ2) is 7.77. The highest BCUT2D eigenvalue weighted by atomic mass is 31.1. The standard InChI is InChI=1S/C18H17F6P/c1-2-3-12-25(15-10-6-4-8-13(15)17(19,20)21)16-11-7-5-9-14(16)18(22,23)24/h4-11H,2-3,12H2,1H3. The molecule has 0 aliphatic carbocycles. The van der Waals surface area contributed by atoms with Gasteiger partial charge in [-0.3, -0.25) is 0 Å². The summed E-state index contributed by atoms with van der Waals surface area (Å²) in [6.45, 7) is 1.86. The largest absolute Gasteiger partial charge is 0.417 e. The summed E-state index contributed by atoms with van der Waals surface area (Å²) >= 11 is 0. The van der Waals surface area contributed by atoms with Crippen LogP contribution in [0.4, 0.5) is 26.3 Å². The summed E-state index contributed by atoms with van der Waals surface area (Å²) in [5.41, 5.74) is -1.71. The van der Waals surface area contributed by atoms with E-state index in [0.717, 1.165) is 12.1 Å². The molecule has 0 bridgehead atoms. The zero-order valence-electron chi connectivity index (χ0n) is 13.5. The monoisotopic (exact) mass is 378 g/mol. The van der Waals surface area contributed by atoms with E-state index in [4.69, 9.17) is 0 Å². The molecule has 0 N–H and O–H groups in total. The van der Waals surface area contributed by atoms with Crippen molar-refractivity contribution in [3.05, 3.63) is 59.7 Å². The van der Waals surface area contributed by atoms with Crippen LogP contribution >= 0.6 is 7.92 Å². The predicted molar refractivity (Wildman–Crippen MR) is 88.9 cm³/mol. The molecule has 0 heterocycles. The Morgan fingerprint density at radius 1 is 0.720 bits per heavy atom. The molecule has 0 aliphatic heterocycles. The third-order valence-corrected chi connectivity index (χ3v) is 6.44. The fraction of sp³-hybridized carbons (Fsp3) is 0.333. The van der Waals surface area contributed by atoms with Crippen molar-refractivity contribution in [1.82, 2.24) is 0 Å². The summed E-state index contributed by atoms with van der Waals surface area (Å²) in [4.78, 5) is 0. The van der Waals surface area contributed by atoms with E-state index >= 15 is 0 Å². The summed E-state index contributed by atoms with van der Waals surface area (Å²) in [7, 11) is -1.77. The molecular weight excluding hydrogens is 361 g/mol. The highest BCUT2D eigenvalue weighted by Crippen LogP contribution is 2.43. The lowest BCUT2D eigenvalue weighted by Crippen LogP contribution is -2.27. The Kier molecular flexibility index (Phi) is 6.15. The highest BCUT2D eigenvalue weighted by Gasteiger charge is 2.38. The van der Waals surface area contributed by atoms with E-state index in [0.29, 0.717) is 12.8 Å². The lowest BCUT2D eigenvalue weighted by molar-refractivity contribution is -0.137. The van der Waals surface area contributed by atoms with Crippen LogP contribution in [0.25, 0.3) is 0 Å². The molecule has 0 amide bonds. The van der Waals surface area contributed by atoms with Crippen LogP contribution in [-0.2, 0) is 12.4 Å². The molecule has 0 radical (unpaired) electrons. The van der Waals surface area contributed by atoms with Crippen molar-refractivity contribution < 1.29 is 26.3 Å². The van der Waals surface area contributed by atoms with Crippen LogP contribution in [0, 0.1) is 0 Å². The fourth-order valence-corrected chi connectivity index (χ4v) is 5.47. The van der Waals surface area contributed by atoms with Gasteiger partial charge >= 0.3 is 12.4 Å². The van der Waals surface area contributed by atoms with E-state index in [1.807, 2.05) is 6.92 Å². The minimum Gasteiger partial charge on any atom is -0.166 e. The first-order valence-corrected chi connectivity index (χ1v) is 9.29. The molecule has 2 rings (SSSR count). The number of hydrogen-bond acceptors (Lipinski definition) is 0. The molecule has 0 unspecified atom stereocenters. The van der Waals surface area contributed by atoms with Gasteiger partial charge in [0.2, 0.25) is 0 Å². The van der Waals surface area contributed by atoms with Gasteiger partial charge in [0.25, 0.3) is 0 Å². The molecule has 2 aromatic carbocycles. The third kappa shape index (κ3) is 4.75. The number of unbranched alkanes of at least 4 members (excludes halogenated alkanes) is 1. The van der Waals surface area contributed by atoms with Gasteiger partial charge in [-0.05, 0) is 43.2 Å². The van der Waals surface area contributed by atoms with Crippen LogP contribution in [0.15, 0.2) is 48.5 Å². The molecule has 2 aromatic rings. The van der Waals surface area contributed by atoms with Gasteiger partial charge in [-0.1, -0.05) is 49.7 Å². The molecule has 0 saturated carbocycles. The topological polar surface area (TPSA) is 0 Å². The Hall–Kier alpha value is -1.55. The van der Waals surface area contributed by atoms with E-state index in [-0.39, 0.29) is 16.8 Å². The Labute approximate surface area is 143 Å². The summed E-state index contributed by atoms with van der Waals surface area (Å²) in [6, 6.07) is 9.89. The predicted octanol–water partition coefficient (Wildman–Crippen LogP) is 5.96. The Morgan fingerprint density at radius 2 is 1.12 bits per heavy atom. The normalized spacial score (nSPS) is 12.6. The van der Waals surface area contributed by atoms with Crippen molar-refractivity contribution in [1.29, 1.82) is 0 Å². The maximum atomic E-state index is 13.4. The van der Waals surface area contributed by atoms with Gasteiger partial charge in [0.1, 0.15) is 0 Å². The lowest BCUT2D eigenvalue weighted by atomic mass is 10.2. The average molecular weight is 378 g/mol. The molecule has 7 heteroatoms. The lowest BCUT2D eigenvalue weighted by Gasteiger charge is -2.25. The van der Waals surface area contributed by atoms with Gasteiger partial charge in [-0.15, -0.1) is 0 Å². The fourth-order valence-electron chi connectivity index (χ4n) is 2.58. The number of rotatable bonds is 5. The number of halogens is 6. The first-order valence-electron chi connectivity index (χ1n) is 7.76. The summed E-state index contributed by atoms with van der Waals surface area (Å²) in [6.07, 6.45) is -7.66. The molecule has 0 saturated heterocycles. The second-order valence-corrected chi connectivity index (χ2v) is 7.80. The quantitative estimate of drug-likeness (QED) is 0.445. The van der Waals surface area contributed by atoms with Gasteiger partial charge in [0.15, 0.2) is 0 Å². The highest BCUT2D eigenvalue weighted by molar-refractivity contribution is 7.73. The van der Waals surface area contributed by atoms with Gasteiger partial charge < -0.3 is 0 Å². The van der Waals surface area contributed by atoms with Crippen LogP contribution in [0.3, 0.4) is 0 Å². The van der Waals surface area contributed by atoms with E-state index in [2.05, 4.69) is 0 Å². The number of benzene rings is 2. The van der Waals surface area contributed by atoms with Gasteiger partial charge in [0, 0.05) is 0 Å². The van der Waals surface area contributed by atoms with Crippen molar-refractivity contribution >= 4 is 18.5 Å². The van der Waals surface area contributed by atoms with Gasteiger partial charge in [0.05, 0.1) is 11.1 Å². The molecule has 136 valence electrons. The van der Waals surface area contributed by atoms with Crippen molar-refractivity contribution in [3.8, 4) is 0 Å². The minimum absolute atomic E-state index is 0.0462. The van der Waals surface area contributed by atoms with Crippen molar-refractivity contribution in [3.63, 3.8) is 0 Å². The van der Waals surface area contributed by atoms with E-state index in [9.17, 15) is 26.3 Å². The van der Waals surface area contributed by atoms with Gasteiger partial charge in [-0.2, -0.15) is 26.3 Å². The molecule has 0 spiro atoms. The molecular formula is C18H17F6P. The van der Waals surface area contributed by atoms with Gasteiger partial charge in [-0.25, -0.2) is 0 Å². The Bertz CT molecular complexity index is 648. The van der Waals surface area contributed by atoms with E-state index in [1.54, 1.807) is 0 Å². The van der Waals surface area contributed by atoms with E-state index in [1.165, 1.54) is 36.4 Å². The van der Waals surface area contributed by atoms with Crippen LogP contribution < -0.4 is 10.6 Å². The SMILES string of the molecule is CCCCP(c1ccccc1C(F)(F)F)c1ccccc1C(F)(F)F. The number of alkyl halides is 6.